The topological polar surface area (TPSA) is 63.7 Å². The van der Waals surface area contributed by atoms with Crippen LogP contribution in [0.1, 0.15) is 17.2 Å². The highest BCUT2D eigenvalue weighted by Gasteiger charge is 2.32. The van der Waals surface area contributed by atoms with E-state index in [0.29, 0.717) is 18.7 Å². The van der Waals surface area contributed by atoms with Gasteiger partial charge in [-0.15, -0.1) is 0 Å². The quantitative estimate of drug-likeness (QED) is 0.822. The summed E-state index contributed by atoms with van der Waals surface area (Å²) in [5.74, 6) is -0.342. The maximum absolute atomic E-state index is 12.9. The first-order chi connectivity index (χ1) is 12.5. The van der Waals surface area contributed by atoms with Crippen LogP contribution >= 0.6 is 0 Å². The van der Waals surface area contributed by atoms with Gasteiger partial charge in [-0.3, -0.25) is 4.79 Å². The first-order valence-corrected chi connectivity index (χ1v) is 10.1. The first kappa shape index (κ1) is 18.4. The minimum absolute atomic E-state index is 0.0746. The number of carbonyl (C=O) groups is 1. The number of hydrogen-bond donors (Lipinski definition) is 0. The number of carbonyl (C=O) groups excluding carboxylic acids is 1. The Labute approximate surface area is 152 Å². The zero-order chi connectivity index (χ0) is 18.6. The predicted molar refractivity (Wildman–Crippen MR) is 96.1 cm³/mol. The Morgan fingerprint density at radius 3 is 2.46 bits per heavy atom. The van der Waals surface area contributed by atoms with Gasteiger partial charge in [0.05, 0.1) is 11.0 Å². The van der Waals surface area contributed by atoms with Crippen LogP contribution in [-0.4, -0.2) is 44.7 Å². The minimum Gasteiger partial charge on any atom is -0.484 e. The van der Waals surface area contributed by atoms with E-state index in [0.717, 1.165) is 5.56 Å². The van der Waals surface area contributed by atoms with E-state index in [1.165, 1.54) is 29.2 Å². The molecule has 2 aromatic rings. The van der Waals surface area contributed by atoms with E-state index < -0.39 is 15.1 Å². The van der Waals surface area contributed by atoms with Gasteiger partial charge in [-0.1, -0.05) is 30.3 Å². The number of sulfone groups is 1. The van der Waals surface area contributed by atoms with Crippen LogP contribution in [0.4, 0.5) is 4.39 Å². The van der Waals surface area contributed by atoms with Crippen molar-refractivity contribution >= 4 is 15.7 Å². The van der Waals surface area contributed by atoms with E-state index in [-0.39, 0.29) is 30.6 Å². The number of halogens is 1. The summed E-state index contributed by atoms with van der Waals surface area (Å²) < 4.78 is 43.4. The van der Waals surface area contributed by atoms with Crippen LogP contribution < -0.4 is 4.74 Å². The minimum atomic E-state index is -3.33. The summed E-state index contributed by atoms with van der Waals surface area (Å²) in [5.41, 5.74) is 0.754. The molecule has 0 spiro atoms. The molecule has 0 aliphatic carbocycles. The summed E-state index contributed by atoms with van der Waals surface area (Å²) >= 11 is 0. The van der Waals surface area contributed by atoms with Crippen molar-refractivity contribution in [2.24, 2.45) is 0 Å². The lowest BCUT2D eigenvalue weighted by molar-refractivity contribution is -0.133. The summed E-state index contributed by atoms with van der Waals surface area (Å²) in [7, 11) is -3.33. The Kier molecular flexibility index (Phi) is 5.56. The summed E-state index contributed by atoms with van der Waals surface area (Å²) in [4.78, 5) is 13.9. The van der Waals surface area contributed by atoms with Crippen LogP contribution in [0.3, 0.4) is 0 Å². The second kappa shape index (κ2) is 7.86. The van der Waals surface area contributed by atoms with Gasteiger partial charge >= 0.3 is 0 Å². The zero-order valence-electron chi connectivity index (χ0n) is 14.2. The average molecular weight is 377 g/mol. The second-order valence-corrected chi connectivity index (χ2v) is 8.48. The first-order valence-electron chi connectivity index (χ1n) is 8.38. The molecule has 3 rings (SSSR count). The lowest BCUT2D eigenvalue weighted by Gasteiger charge is -2.20. The number of nitrogens with zero attached hydrogens (tertiary/aromatic N) is 1. The van der Waals surface area contributed by atoms with Crippen molar-refractivity contribution in [3.63, 3.8) is 0 Å². The number of ether oxygens (including phenoxy) is 1. The molecular weight excluding hydrogens is 357 g/mol. The Balaban J connectivity index is 1.63. The maximum Gasteiger partial charge on any atom is 0.260 e. The monoisotopic (exact) mass is 377 g/mol. The van der Waals surface area contributed by atoms with Crippen LogP contribution in [0, 0.1) is 5.82 Å². The summed E-state index contributed by atoms with van der Waals surface area (Å²) in [6.45, 7) is 0.295. The highest BCUT2D eigenvalue weighted by atomic mass is 32.2. The molecule has 1 aliphatic heterocycles. The lowest BCUT2D eigenvalue weighted by Crippen LogP contribution is -2.37. The number of amides is 1. The second-order valence-electron chi connectivity index (χ2n) is 6.18. The van der Waals surface area contributed by atoms with E-state index in [1.807, 2.05) is 18.2 Å². The summed E-state index contributed by atoms with van der Waals surface area (Å²) in [6, 6.07) is 14.5. The van der Waals surface area contributed by atoms with E-state index in [2.05, 4.69) is 0 Å². The van der Waals surface area contributed by atoms with Crippen LogP contribution in [0.15, 0.2) is 54.6 Å². The van der Waals surface area contributed by atoms with E-state index in [1.54, 1.807) is 12.1 Å². The van der Waals surface area contributed by atoms with Crippen molar-refractivity contribution in [2.45, 2.75) is 11.7 Å². The molecule has 0 radical (unpaired) electrons. The van der Waals surface area contributed by atoms with Gasteiger partial charge in [0.1, 0.15) is 11.6 Å². The molecule has 1 amide bonds. The Bertz CT molecular complexity index is 853. The van der Waals surface area contributed by atoms with E-state index in [9.17, 15) is 17.6 Å². The standard InChI is InChI=1S/C19H20FNO4S/c20-16-6-8-17(9-7-16)25-14-19(22)21-11-10-18(26(23,24)13-12-21)15-4-2-1-3-5-15/h1-9,18H,10-14H2. The maximum atomic E-state index is 12.9. The van der Waals surface area contributed by atoms with E-state index >= 15 is 0 Å². The fourth-order valence-corrected chi connectivity index (χ4v) is 4.80. The number of rotatable bonds is 4. The predicted octanol–water partition coefficient (Wildman–Crippen LogP) is 2.59. The molecule has 0 saturated carbocycles. The SMILES string of the molecule is O=C(COc1ccc(F)cc1)N1CCC(c2ccccc2)S(=O)(=O)CC1. The van der Waals surface area contributed by atoms with Crippen LogP contribution in [0.25, 0.3) is 0 Å². The Morgan fingerprint density at radius 2 is 1.77 bits per heavy atom. The molecule has 7 heteroatoms. The molecule has 1 aliphatic rings. The Morgan fingerprint density at radius 1 is 1.08 bits per heavy atom. The van der Waals surface area contributed by atoms with Crippen molar-refractivity contribution in [1.82, 2.24) is 4.90 Å². The summed E-state index contributed by atoms with van der Waals surface area (Å²) in [5, 5.41) is -0.598. The van der Waals surface area contributed by atoms with Gasteiger partial charge in [-0.05, 0) is 36.2 Å². The van der Waals surface area contributed by atoms with Crippen LogP contribution in [-0.2, 0) is 14.6 Å². The molecule has 26 heavy (non-hydrogen) atoms. The van der Waals surface area contributed by atoms with Gasteiger partial charge in [-0.2, -0.15) is 0 Å². The number of hydrogen-bond acceptors (Lipinski definition) is 4. The molecule has 1 unspecified atom stereocenters. The zero-order valence-corrected chi connectivity index (χ0v) is 15.0. The van der Waals surface area contributed by atoms with E-state index in [4.69, 9.17) is 4.74 Å². The third-order valence-electron chi connectivity index (χ3n) is 4.44. The molecule has 1 fully saturated rings. The van der Waals surface area contributed by atoms with Crippen LogP contribution in [0.2, 0.25) is 0 Å². The highest BCUT2D eigenvalue weighted by molar-refractivity contribution is 7.91. The van der Waals surface area contributed by atoms with Crippen LogP contribution in [0.5, 0.6) is 5.75 Å². The highest BCUT2D eigenvalue weighted by Crippen LogP contribution is 2.29. The number of benzene rings is 2. The molecule has 2 aromatic carbocycles. The molecule has 5 nitrogen and oxygen atoms in total. The molecule has 0 bridgehead atoms. The normalized spacial score (nSPS) is 19.6. The van der Waals surface area contributed by atoms with Gasteiger partial charge in [-0.25, -0.2) is 12.8 Å². The molecule has 1 saturated heterocycles. The average Bonchev–Trinajstić information content (AvgIpc) is 2.80. The van der Waals surface area contributed by atoms with Crippen molar-refractivity contribution in [2.75, 3.05) is 25.4 Å². The third kappa shape index (κ3) is 4.40. The molecule has 0 aromatic heterocycles. The van der Waals surface area contributed by atoms with Crippen molar-refractivity contribution in [1.29, 1.82) is 0 Å². The molecule has 138 valence electrons. The summed E-state index contributed by atoms with van der Waals surface area (Å²) in [6.07, 6.45) is 0.356. The fourth-order valence-electron chi connectivity index (χ4n) is 3.00. The third-order valence-corrected chi connectivity index (χ3v) is 6.57. The Hall–Kier alpha value is -2.41. The molecule has 1 heterocycles. The van der Waals surface area contributed by atoms with Gasteiger partial charge in [0.2, 0.25) is 0 Å². The lowest BCUT2D eigenvalue weighted by atomic mass is 10.1. The fraction of sp³-hybridized carbons (Fsp3) is 0.316. The van der Waals surface area contributed by atoms with Crippen molar-refractivity contribution in [3.8, 4) is 5.75 Å². The van der Waals surface area contributed by atoms with Gasteiger partial charge < -0.3 is 9.64 Å². The molecule has 1 atom stereocenters. The van der Waals surface area contributed by atoms with Crippen molar-refractivity contribution < 1.29 is 22.3 Å². The molecule has 0 N–H and O–H groups in total. The largest absolute Gasteiger partial charge is 0.484 e. The smallest absolute Gasteiger partial charge is 0.260 e. The van der Waals surface area contributed by atoms with Crippen molar-refractivity contribution in [3.05, 3.63) is 66.0 Å². The molecular formula is C19H20FNO4S. The van der Waals surface area contributed by atoms with Gasteiger partial charge in [0, 0.05) is 13.1 Å². The van der Waals surface area contributed by atoms with Gasteiger partial charge in [0.15, 0.2) is 16.4 Å². The van der Waals surface area contributed by atoms with Gasteiger partial charge in [0.25, 0.3) is 5.91 Å².